The topological polar surface area (TPSA) is 21.3 Å². The van der Waals surface area contributed by atoms with Crippen molar-refractivity contribution in [3.05, 3.63) is 28.5 Å². The summed E-state index contributed by atoms with van der Waals surface area (Å²) in [4.78, 5) is 0. The highest BCUT2D eigenvalue weighted by molar-refractivity contribution is 9.10. The molecule has 1 heterocycles. The molecule has 94 valence electrons. The van der Waals surface area contributed by atoms with E-state index < -0.39 is 0 Å². The van der Waals surface area contributed by atoms with E-state index in [0.29, 0.717) is 6.04 Å². The molecule has 1 aliphatic heterocycles. The van der Waals surface area contributed by atoms with Gasteiger partial charge in [-0.15, -0.1) is 0 Å². The Bertz CT molecular complexity index is 408. The zero-order valence-electron chi connectivity index (χ0n) is 10.1. The number of halogens is 2. The lowest BCUT2D eigenvalue weighted by molar-refractivity contribution is -0.0553. The van der Waals surface area contributed by atoms with Crippen LogP contribution in [0.15, 0.2) is 22.7 Å². The molecule has 4 heteroatoms. The summed E-state index contributed by atoms with van der Waals surface area (Å²) in [6.07, 6.45) is 1.88. The van der Waals surface area contributed by atoms with E-state index in [1.165, 1.54) is 12.1 Å². The second-order valence-corrected chi connectivity index (χ2v) is 5.92. The number of ether oxygens (including phenoxy) is 1. The first kappa shape index (κ1) is 12.8. The van der Waals surface area contributed by atoms with E-state index in [9.17, 15) is 4.39 Å². The number of rotatable bonds is 2. The van der Waals surface area contributed by atoms with Crippen molar-refractivity contribution in [1.29, 1.82) is 0 Å². The summed E-state index contributed by atoms with van der Waals surface area (Å²) in [5.41, 5.74) is 0.711. The van der Waals surface area contributed by atoms with Crippen LogP contribution in [0.4, 0.5) is 10.1 Å². The molecule has 1 N–H and O–H groups in total. The molecule has 1 aromatic carbocycles. The number of nitrogens with one attached hydrogen (secondary N) is 1. The maximum Gasteiger partial charge on any atom is 0.125 e. The summed E-state index contributed by atoms with van der Waals surface area (Å²) in [5, 5.41) is 3.38. The van der Waals surface area contributed by atoms with Crippen LogP contribution in [0, 0.1) is 5.82 Å². The molecule has 2 nitrogen and oxygen atoms in total. The van der Waals surface area contributed by atoms with Gasteiger partial charge in [0.2, 0.25) is 0 Å². The maximum absolute atomic E-state index is 13.2. The molecule has 2 rings (SSSR count). The van der Waals surface area contributed by atoms with Gasteiger partial charge in [-0.2, -0.15) is 0 Å². The third kappa shape index (κ3) is 3.42. The van der Waals surface area contributed by atoms with Crippen LogP contribution in [0.25, 0.3) is 0 Å². The van der Waals surface area contributed by atoms with Gasteiger partial charge in [0.05, 0.1) is 11.3 Å². The summed E-state index contributed by atoms with van der Waals surface area (Å²) in [5.74, 6) is -0.220. The standard InChI is InChI=1S/C13H17BrFNO/c1-13(2)8-10(5-6-17-13)16-12-7-9(15)3-4-11(12)14/h3-4,7,10,16H,5-6,8H2,1-2H3. The average Bonchev–Trinajstić information content (AvgIpc) is 2.22. The van der Waals surface area contributed by atoms with Crippen LogP contribution in [0.1, 0.15) is 26.7 Å². The van der Waals surface area contributed by atoms with Crippen molar-refractivity contribution in [2.24, 2.45) is 0 Å². The van der Waals surface area contributed by atoms with Gasteiger partial charge in [0.1, 0.15) is 5.82 Å². The van der Waals surface area contributed by atoms with Gasteiger partial charge < -0.3 is 10.1 Å². The van der Waals surface area contributed by atoms with E-state index in [4.69, 9.17) is 4.74 Å². The Morgan fingerprint density at radius 2 is 2.24 bits per heavy atom. The van der Waals surface area contributed by atoms with Crippen molar-refractivity contribution in [1.82, 2.24) is 0 Å². The van der Waals surface area contributed by atoms with Crippen molar-refractivity contribution >= 4 is 21.6 Å². The second kappa shape index (κ2) is 4.94. The van der Waals surface area contributed by atoms with Crippen molar-refractivity contribution in [3.8, 4) is 0 Å². The number of hydrogen-bond acceptors (Lipinski definition) is 2. The minimum atomic E-state index is -0.220. The summed E-state index contributed by atoms with van der Waals surface area (Å²) >= 11 is 3.43. The molecule has 0 aromatic heterocycles. The molecule has 17 heavy (non-hydrogen) atoms. The minimum absolute atomic E-state index is 0.101. The van der Waals surface area contributed by atoms with E-state index in [2.05, 4.69) is 35.1 Å². The highest BCUT2D eigenvalue weighted by atomic mass is 79.9. The molecule has 0 amide bonds. The molecule has 0 aliphatic carbocycles. The van der Waals surface area contributed by atoms with E-state index in [-0.39, 0.29) is 11.4 Å². The van der Waals surface area contributed by atoms with Crippen LogP contribution in [0.2, 0.25) is 0 Å². The monoisotopic (exact) mass is 301 g/mol. The second-order valence-electron chi connectivity index (χ2n) is 5.07. The molecule has 1 aromatic rings. The fraction of sp³-hybridized carbons (Fsp3) is 0.538. The van der Waals surface area contributed by atoms with Gasteiger partial charge in [0.25, 0.3) is 0 Å². The van der Waals surface area contributed by atoms with Gasteiger partial charge in [-0.25, -0.2) is 4.39 Å². The molecule has 1 unspecified atom stereocenters. The van der Waals surface area contributed by atoms with Crippen molar-refractivity contribution in [2.45, 2.75) is 38.3 Å². The predicted octanol–water partition coefficient (Wildman–Crippen LogP) is 3.96. The van der Waals surface area contributed by atoms with Gasteiger partial charge in [-0.05, 0) is 60.8 Å². The van der Waals surface area contributed by atoms with Crippen LogP contribution in [0.5, 0.6) is 0 Å². The zero-order chi connectivity index (χ0) is 12.5. The SMILES string of the molecule is CC1(C)CC(Nc2cc(F)ccc2Br)CCO1. The Hall–Kier alpha value is -0.610. The van der Waals surface area contributed by atoms with Gasteiger partial charge in [-0.1, -0.05) is 0 Å². The molecule has 0 bridgehead atoms. The zero-order valence-corrected chi connectivity index (χ0v) is 11.7. The summed E-state index contributed by atoms with van der Waals surface area (Å²) in [6, 6.07) is 5.02. The molecule has 0 saturated carbocycles. The largest absolute Gasteiger partial charge is 0.381 e. The molecule has 1 aliphatic rings. The van der Waals surface area contributed by atoms with Crippen molar-refractivity contribution < 1.29 is 9.13 Å². The molecule has 1 atom stereocenters. The highest BCUT2D eigenvalue weighted by Gasteiger charge is 2.28. The molecular formula is C13H17BrFNO. The Morgan fingerprint density at radius 1 is 1.47 bits per heavy atom. The Balaban J connectivity index is 2.07. The number of anilines is 1. The van der Waals surface area contributed by atoms with Crippen LogP contribution in [-0.2, 0) is 4.74 Å². The molecule has 0 radical (unpaired) electrons. The number of benzene rings is 1. The van der Waals surface area contributed by atoms with E-state index in [1.807, 2.05) is 0 Å². The molecule has 1 saturated heterocycles. The Labute approximate surface area is 110 Å². The smallest absolute Gasteiger partial charge is 0.125 e. The lowest BCUT2D eigenvalue weighted by atomic mass is 9.94. The Morgan fingerprint density at radius 3 is 2.94 bits per heavy atom. The molecule has 1 fully saturated rings. The summed E-state index contributed by atoms with van der Waals surface area (Å²) < 4.78 is 19.7. The van der Waals surface area contributed by atoms with Crippen LogP contribution in [0.3, 0.4) is 0 Å². The van der Waals surface area contributed by atoms with Gasteiger partial charge in [0, 0.05) is 17.1 Å². The average molecular weight is 302 g/mol. The first-order valence-electron chi connectivity index (χ1n) is 5.82. The first-order valence-corrected chi connectivity index (χ1v) is 6.61. The maximum atomic E-state index is 13.2. The fourth-order valence-corrected chi connectivity index (χ4v) is 2.54. The minimum Gasteiger partial charge on any atom is -0.381 e. The lowest BCUT2D eigenvalue weighted by Gasteiger charge is -2.36. The molecular weight excluding hydrogens is 285 g/mol. The predicted molar refractivity (Wildman–Crippen MR) is 70.8 cm³/mol. The van der Waals surface area contributed by atoms with E-state index in [0.717, 1.165) is 29.6 Å². The van der Waals surface area contributed by atoms with E-state index in [1.54, 1.807) is 6.07 Å². The van der Waals surface area contributed by atoms with Gasteiger partial charge in [0.15, 0.2) is 0 Å². The third-order valence-electron chi connectivity index (χ3n) is 2.99. The van der Waals surface area contributed by atoms with Crippen LogP contribution >= 0.6 is 15.9 Å². The van der Waals surface area contributed by atoms with Gasteiger partial charge in [-0.3, -0.25) is 0 Å². The van der Waals surface area contributed by atoms with E-state index >= 15 is 0 Å². The van der Waals surface area contributed by atoms with Crippen molar-refractivity contribution in [2.75, 3.05) is 11.9 Å². The summed E-state index contributed by atoms with van der Waals surface area (Å²) in [7, 11) is 0. The molecule has 0 spiro atoms. The number of hydrogen-bond donors (Lipinski definition) is 1. The summed E-state index contributed by atoms with van der Waals surface area (Å²) in [6.45, 7) is 4.92. The normalized spacial score (nSPS) is 23.4. The fourth-order valence-electron chi connectivity index (χ4n) is 2.18. The van der Waals surface area contributed by atoms with Crippen LogP contribution < -0.4 is 5.32 Å². The van der Waals surface area contributed by atoms with Crippen LogP contribution in [-0.4, -0.2) is 18.2 Å². The quantitative estimate of drug-likeness (QED) is 0.893. The lowest BCUT2D eigenvalue weighted by Crippen LogP contribution is -2.40. The van der Waals surface area contributed by atoms with Crippen molar-refractivity contribution in [3.63, 3.8) is 0 Å². The Kier molecular flexibility index (Phi) is 3.73. The third-order valence-corrected chi connectivity index (χ3v) is 3.68. The van der Waals surface area contributed by atoms with Gasteiger partial charge >= 0.3 is 0 Å². The first-order chi connectivity index (χ1) is 7.96. The highest BCUT2D eigenvalue weighted by Crippen LogP contribution is 2.29.